The van der Waals surface area contributed by atoms with Gasteiger partial charge in [0.2, 0.25) is 0 Å². The van der Waals surface area contributed by atoms with E-state index >= 15 is 0 Å². The molecule has 0 aliphatic rings. The number of benzene rings is 2. The molecule has 5 nitrogen and oxygen atoms in total. The molecule has 0 aliphatic carbocycles. The van der Waals surface area contributed by atoms with E-state index in [-0.39, 0.29) is 23.2 Å². The van der Waals surface area contributed by atoms with Crippen LogP contribution in [-0.2, 0) is 6.42 Å². The normalized spacial score (nSPS) is 11.7. The number of carbonyl (C=O) groups excluding carboxylic acids is 1. The molecule has 0 aromatic heterocycles. The third-order valence-electron chi connectivity index (χ3n) is 3.49. The van der Waals surface area contributed by atoms with E-state index in [1.165, 1.54) is 17.7 Å². The van der Waals surface area contributed by atoms with Gasteiger partial charge in [0.05, 0.1) is 9.40 Å². The minimum absolute atomic E-state index is 0.0228. The summed E-state index contributed by atoms with van der Waals surface area (Å²) in [7, 11) is 0. The maximum atomic E-state index is 12.2. The second-order valence-electron chi connectivity index (χ2n) is 5.32. The number of nitrogens with one attached hydrogen (secondary N) is 1. The van der Waals surface area contributed by atoms with Gasteiger partial charge in [0.1, 0.15) is 0 Å². The fraction of sp³-hybridized carbons (Fsp3) is 0.235. The molecule has 0 radical (unpaired) electrons. The largest absolute Gasteiger partial charge is 0.350 e. The van der Waals surface area contributed by atoms with Crippen LogP contribution in [0.5, 0.6) is 0 Å². The molecular formula is C17H17BrN2O3. The predicted octanol–water partition coefficient (Wildman–Crippen LogP) is 4.11. The number of amides is 1. The number of halogens is 1. The molecule has 2 rings (SSSR count). The highest BCUT2D eigenvalue weighted by molar-refractivity contribution is 9.10. The summed E-state index contributed by atoms with van der Waals surface area (Å²) in [4.78, 5) is 22.6. The van der Waals surface area contributed by atoms with Gasteiger partial charge in [-0.1, -0.05) is 30.3 Å². The third-order valence-corrected chi connectivity index (χ3v) is 4.16. The first-order valence-electron chi connectivity index (χ1n) is 7.26. The molecule has 0 saturated carbocycles. The molecule has 0 bridgehead atoms. The molecule has 1 amide bonds. The SMILES string of the molecule is CC(CCc1ccccc1)NC(=O)c1ccc(Br)c([N+](=O)[O-])c1. The minimum Gasteiger partial charge on any atom is -0.350 e. The van der Waals surface area contributed by atoms with Crippen molar-refractivity contribution in [1.82, 2.24) is 5.32 Å². The number of nitro groups is 1. The van der Waals surface area contributed by atoms with Gasteiger partial charge in [0.15, 0.2) is 0 Å². The van der Waals surface area contributed by atoms with Crippen molar-refractivity contribution in [3.63, 3.8) is 0 Å². The van der Waals surface area contributed by atoms with E-state index in [9.17, 15) is 14.9 Å². The van der Waals surface area contributed by atoms with Gasteiger partial charge in [-0.15, -0.1) is 0 Å². The van der Waals surface area contributed by atoms with Gasteiger partial charge in [-0.2, -0.15) is 0 Å². The third kappa shape index (κ3) is 4.89. The average molecular weight is 377 g/mol. The molecule has 0 aliphatic heterocycles. The number of hydrogen-bond acceptors (Lipinski definition) is 3. The van der Waals surface area contributed by atoms with Gasteiger partial charge >= 0.3 is 0 Å². The number of nitro benzene ring substituents is 1. The number of aryl methyl sites for hydroxylation is 1. The van der Waals surface area contributed by atoms with Gasteiger partial charge < -0.3 is 5.32 Å². The van der Waals surface area contributed by atoms with E-state index in [1.54, 1.807) is 6.07 Å². The highest BCUT2D eigenvalue weighted by Gasteiger charge is 2.17. The van der Waals surface area contributed by atoms with E-state index in [0.29, 0.717) is 4.47 Å². The minimum atomic E-state index is -0.514. The Morgan fingerprint density at radius 3 is 2.61 bits per heavy atom. The summed E-state index contributed by atoms with van der Waals surface area (Å²) in [6, 6.07) is 14.4. The highest BCUT2D eigenvalue weighted by Crippen LogP contribution is 2.25. The molecule has 0 heterocycles. The molecular weight excluding hydrogens is 360 g/mol. The van der Waals surface area contributed by atoms with Crippen LogP contribution in [0.4, 0.5) is 5.69 Å². The van der Waals surface area contributed by atoms with Crippen LogP contribution in [0.3, 0.4) is 0 Å². The summed E-state index contributed by atoms with van der Waals surface area (Å²) in [5.74, 6) is -0.304. The molecule has 2 aromatic rings. The van der Waals surface area contributed by atoms with Crippen molar-refractivity contribution in [2.75, 3.05) is 0 Å². The maximum Gasteiger partial charge on any atom is 0.284 e. The smallest absolute Gasteiger partial charge is 0.284 e. The van der Waals surface area contributed by atoms with Gasteiger partial charge in [0, 0.05) is 17.7 Å². The Labute approximate surface area is 143 Å². The van der Waals surface area contributed by atoms with E-state index in [1.807, 2.05) is 37.3 Å². The monoisotopic (exact) mass is 376 g/mol. The van der Waals surface area contributed by atoms with E-state index in [2.05, 4.69) is 21.2 Å². The van der Waals surface area contributed by atoms with Crippen molar-refractivity contribution < 1.29 is 9.72 Å². The van der Waals surface area contributed by atoms with Crippen LogP contribution in [0.15, 0.2) is 53.0 Å². The second kappa shape index (κ2) is 7.87. The van der Waals surface area contributed by atoms with Crippen molar-refractivity contribution >= 4 is 27.5 Å². The van der Waals surface area contributed by atoms with Crippen LogP contribution < -0.4 is 5.32 Å². The van der Waals surface area contributed by atoms with E-state index in [4.69, 9.17) is 0 Å². The first-order valence-corrected chi connectivity index (χ1v) is 8.05. The Morgan fingerprint density at radius 2 is 1.96 bits per heavy atom. The second-order valence-corrected chi connectivity index (χ2v) is 6.18. The lowest BCUT2D eigenvalue weighted by molar-refractivity contribution is -0.385. The molecule has 1 unspecified atom stereocenters. The first-order chi connectivity index (χ1) is 11.0. The summed E-state index contributed by atoms with van der Waals surface area (Å²) in [5, 5.41) is 13.8. The average Bonchev–Trinajstić information content (AvgIpc) is 2.54. The summed E-state index contributed by atoms with van der Waals surface area (Å²) in [5.41, 5.74) is 1.38. The Hall–Kier alpha value is -2.21. The van der Waals surface area contributed by atoms with Crippen LogP contribution in [0.25, 0.3) is 0 Å². The lowest BCUT2D eigenvalue weighted by Gasteiger charge is -2.14. The molecule has 0 fully saturated rings. The van der Waals surface area contributed by atoms with Gasteiger partial charge in [0.25, 0.3) is 11.6 Å². The molecule has 120 valence electrons. The summed E-state index contributed by atoms with van der Waals surface area (Å²) in [6.07, 6.45) is 1.66. The zero-order valence-corrected chi connectivity index (χ0v) is 14.2. The van der Waals surface area contributed by atoms with Crippen molar-refractivity contribution in [3.05, 3.63) is 74.2 Å². The van der Waals surface area contributed by atoms with Gasteiger partial charge in [-0.05, 0) is 53.4 Å². The summed E-state index contributed by atoms with van der Waals surface area (Å²) in [6.45, 7) is 1.92. The molecule has 1 N–H and O–H groups in total. The number of nitrogens with zero attached hydrogens (tertiary/aromatic N) is 1. The van der Waals surface area contributed by atoms with Crippen molar-refractivity contribution in [1.29, 1.82) is 0 Å². The lowest BCUT2D eigenvalue weighted by atomic mass is 10.1. The van der Waals surface area contributed by atoms with E-state index < -0.39 is 4.92 Å². The Kier molecular flexibility index (Phi) is 5.87. The molecule has 1 atom stereocenters. The fourth-order valence-corrected chi connectivity index (χ4v) is 2.59. The van der Waals surface area contributed by atoms with Gasteiger partial charge in [-0.3, -0.25) is 14.9 Å². The standard InChI is InChI=1S/C17H17BrN2O3/c1-12(7-8-13-5-3-2-4-6-13)19-17(21)14-9-10-15(18)16(11-14)20(22)23/h2-6,9-12H,7-8H2,1H3,(H,19,21). The van der Waals surface area contributed by atoms with Crippen molar-refractivity contribution in [2.24, 2.45) is 0 Å². The van der Waals surface area contributed by atoms with Crippen LogP contribution in [0, 0.1) is 10.1 Å². The zero-order chi connectivity index (χ0) is 16.8. The van der Waals surface area contributed by atoms with Crippen molar-refractivity contribution in [2.45, 2.75) is 25.8 Å². The quantitative estimate of drug-likeness (QED) is 0.608. The first kappa shape index (κ1) is 17.1. The van der Waals surface area contributed by atoms with E-state index in [0.717, 1.165) is 12.8 Å². The van der Waals surface area contributed by atoms with Gasteiger partial charge in [-0.25, -0.2) is 0 Å². The lowest BCUT2D eigenvalue weighted by Crippen LogP contribution is -2.32. The number of rotatable bonds is 6. The molecule has 0 saturated heterocycles. The Bertz CT molecular complexity index is 704. The van der Waals surface area contributed by atoms with Crippen molar-refractivity contribution in [3.8, 4) is 0 Å². The topological polar surface area (TPSA) is 72.2 Å². The zero-order valence-electron chi connectivity index (χ0n) is 12.7. The summed E-state index contributed by atoms with van der Waals surface area (Å²) < 4.78 is 0.358. The fourth-order valence-electron chi connectivity index (χ4n) is 2.20. The van der Waals surface area contributed by atoms with Crippen LogP contribution in [0.1, 0.15) is 29.3 Å². The number of hydrogen-bond donors (Lipinski definition) is 1. The Morgan fingerprint density at radius 1 is 1.26 bits per heavy atom. The molecule has 23 heavy (non-hydrogen) atoms. The summed E-state index contributed by atoms with van der Waals surface area (Å²) >= 11 is 3.11. The van der Waals surface area contributed by atoms with Crippen LogP contribution >= 0.6 is 15.9 Å². The maximum absolute atomic E-state index is 12.2. The highest BCUT2D eigenvalue weighted by atomic mass is 79.9. The van der Waals surface area contributed by atoms with Crippen LogP contribution in [-0.4, -0.2) is 16.9 Å². The molecule has 0 spiro atoms. The molecule has 6 heteroatoms. The Balaban J connectivity index is 1.96. The predicted molar refractivity (Wildman–Crippen MR) is 92.5 cm³/mol. The number of carbonyl (C=O) groups is 1. The molecule has 2 aromatic carbocycles. The van der Waals surface area contributed by atoms with Crippen LogP contribution in [0.2, 0.25) is 0 Å².